The topological polar surface area (TPSA) is 63.8 Å². The van der Waals surface area contributed by atoms with Gasteiger partial charge in [-0.3, -0.25) is 4.98 Å². The predicted molar refractivity (Wildman–Crippen MR) is 71.5 cm³/mol. The van der Waals surface area contributed by atoms with Crippen LogP contribution in [0.4, 0.5) is 0 Å². The molecule has 1 aliphatic heterocycles. The van der Waals surface area contributed by atoms with E-state index in [1.54, 1.807) is 12.4 Å². The summed E-state index contributed by atoms with van der Waals surface area (Å²) in [4.78, 5) is 8.71. The van der Waals surface area contributed by atoms with Crippen LogP contribution < -0.4 is 5.32 Å². The van der Waals surface area contributed by atoms with E-state index in [-0.39, 0.29) is 5.54 Å². The van der Waals surface area contributed by atoms with Gasteiger partial charge in [-0.25, -0.2) is 0 Å². The molecule has 5 heteroatoms. The number of aromatic nitrogens is 3. The second-order valence-corrected chi connectivity index (χ2v) is 5.08. The molecule has 5 nitrogen and oxygen atoms in total. The van der Waals surface area contributed by atoms with Gasteiger partial charge in [0.1, 0.15) is 0 Å². The molecule has 2 aromatic heterocycles. The Labute approximate surface area is 112 Å². The zero-order chi connectivity index (χ0) is 13.3. The summed E-state index contributed by atoms with van der Waals surface area (Å²) in [6.07, 6.45) is 6.71. The van der Waals surface area contributed by atoms with Gasteiger partial charge >= 0.3 is 0 Å². The third-order valence-corrected chi connectivity index (χ3v) is 3.96. The molecule has 0 saturated carbocycles. The highest BCUT2D eigenvalue weighted by Gasteiger charge is 2.39. The number of nitrogens with zero attached hydrogens (tertiary/aromatic N) is 3. The maximum atomic E-state index is 5.50. The summed E-state index contributed by atoms with van der Waals surface area (Å²) in [6, 6.07) is 1.95. The van der Waals surface area contributed by atoms with Crippen LogP contribution in [0.5, 0.6) is 0 Å². The van der Waals surface area contributed by atoms with Gasteiger partial charge in [-0.2, -0.15) is 4.98 Å². The van der Waals surface area contributed by atoms with Crippen LogP contribution >= 0.6 is 0 Å². The van der Waals surface area contributed by atoms with Crippen molar-refractivity contribution in [2.24, 2.45) is 0 Å². The molecule has 0 amide bonds. The first-order valence-electron chi connectivity index (χ1n) is 6.75. The van der Waals surface area contributed by atoms with Crippen LogP contribution in [0.1, 0.15) is 37.6 Å². The minimum Gasteiger partial charge on any atom is -0.337 e. The van der Waals surface area contributed by atoms with Gasteiger partial charge in [0.15, 0.2) is 0 Å². The van der Waals surface area contributed by atoms with Gasteiger partial charge in [-0.05, 0) is 44.4 Å². The fourth-order valence-electron chi connectivity index (χ4n) is 2.67. The summed E-state index contributed by atoms with van der Waals surface area (Å²) >= 11 is 0. The molecule has 0 spiro atoms. The summed E-state index contributed by atoms with van der Waals surface area (Å²) in [5.41, 5.74) is 1.90. The summed E-state index contributed by atoms with van der Waals surface area (Å²) in [5.74, 6) is 1.33. The lowest BCUT2D eigenvalue weighted by Gasteiger charge is -2.22. The lowest BCUT2D eigenvalue weighted by atomic mass is 9.94. The third kappa shape index (κ3) is 2.04. The molecule has 0 bridgehead atoms. The van der Waals surface area contributed by atoms with Crippen molar-refractivity contribution >= 4 is 0 Å². The van der Waals surface area contributed by atoms with E-state index in [4.69, 9.17) is 4.52 Å². The van der Waals surface area contributed by atoms with Gasteiger partial charge in [-0.1, -0.05) is 12.1 Å². The molecule has 3 heterocycles. The summed E-state index contributed by atoms with van der Waals surface area (Å²) < 4.78 is 5.50. The Morgan fingerprint density at radius 3 is 3.05 bits per heavy atom. The first-order chi connectivity index (χ1) is 9.25. The van der Waals surface area contributed by atoms with Crippen LogP contribution in [0.25, 0.3) is 11.4 Å². The molecule has 1 fully saturated rings. The quantitative estimate of drug-likeness (QED) is 0.916. The number of nitrogens with one attached hydrogen (secondary N) is 1. The Kier molecular flexibility index (Phi) is 3.06. The predicted octanol–water partition coefficient (Wildman–Crippen LogP) is 2.43. The molecule has 0 aromatic carbocycles. The minimum absolute atomic E-state index is 0.138. The molecule has 3 rings (SSSR count). The largest absolute Gasteiger partial charge is 0.337 e. The first kappa shape index (κ1) is 12.3. The van der Waals surface area contributed by atoms with Crippen molar-refractivity contribution in [1.29, 1.82) is 0 Å². The van der Waals surface area contributed by atoms with Gasteiger partial charge in [-0.15, -0.1) is 0 Å². The molecule has 2 aromatic rings. The van der Waals surface area contributed by atoms with Crippen molar-refractivity contribution in [2.75, 3.05) is 6.54 Å². The summed E-state index contributed by atoms with van der Waals surface area (Å²) in [6.45, 7) is 5.19. The highest BCUT2D eigenvalue weighted by molar-refractivity contribution is 5.57. The second-order valence-electron chi connectivity index (χ2n) is 5.08. The van der Waals surface area contributed by atoms with Crippen LogP contribution in [0, 0.1) is 6.92 Å². The zero-order valence-electron chi connectivity index (χ0n) is 11.3. The lowest BCUT2D eigenvalue weighted by Crippen LogP contribution is -2.36. The van der Waals surface area contributed by atoms with Gasteiger partial charge in [0, 0.05) is 18.0 Å². The molecule has 1 atom stereocenters. The molecule has 1 saturated heterocycles. The molecule has 1 aliphatic rings. The normalized spacial score (nSPS) is 22.8. The molecule has 1 unspecified atom stereocenters. The average molecular weight is 258 g/mol. The minimum atomic E-state index is -0.138. The van der Waals surface area contributed by atoms with Crippen LogP contribution in [0.15, 0.2) is 23.0 Å². The van der Waals surface area contributed by atoms with Gasteiger partial charge in [0.2, 0.25) is 11.7 Å². The van der Waals surface area contributed by atoms with Gasteiger partial charge in [0.25, 0.3) is 0 Å². The Balaban J connectivity index is 1.98. The maximum Gasteiger partial charge on any atom is 0.247 e. The molecule has 100 valence electrons. The fraction of sp³-hybridized carbons (Fsp3) is 0.500. The summed E-state index contributed by atoms with van der Waals surface area (Å²) in [7, 11) is 0. The van der Waals surface area contributed by atoms with E-state index >= 15 is 0 Å². The third-order valence-electron chi connectivity index (χ3n) is 3.96. The number of rotatable bonds is 3. The van der Waals surface area contributed by atoms with Crippen LogP contribution in [0.2, 0.25) is 0 Å². The smallest absolute Gasteiger partial charge is 0.247 e. The van der Waals surface area contributed by atoms with Crippen molar-refractivity contribution in [3.8, 4) is 11.4 Å². The second kappa shape index (κ2) is 4.74. The van der Waals surface area contributed by atoms with Crippen molar-refractivity contribution in [3.05, 3.63) is 29.9 Å². The lowest BCUT2D eigenvalue weighted by molar-refractivity contribution is 0.250. The summed E-state index contributed by atoms with van der Waals surface area (Å²) in [5, 5.41) is 7.62. The molecule has 19 heavy (non-hydrogen) atoms. The SMILES string of the molecule is CCC1(c2nc(-c3cnccc3C)no2)CCCN1. The van der Waals surface area contributed by atoms with E-state index in [1.165, 1.54) is 0 Å². The number of hydrogen-bond donors (Lipinski definition) is 1. The van der Waals surface area contributed by atoms with Crippen molar-refractivity contribution in [2.45, 2.75) is 38.6 Å². The fourth-order valence-corrected chi connectivity index (χ4v) is 2.67. The van der Waals surface area contributed by atoms with E-state index in [2.05, 4.69) is 27.4 Å². The van der Waals surface area contributed by atoms with E-state index in [0.717, 1.165) is 36.9 Å². The molecule has 1 N–H and O–H groups in total. The van der Waals surface area contributed by atoms with Crippen LogP contribution in [0.3, 0.4) is 0 Å². The zero-order valence-corrected chi connectivity index (χ0v) is 11.3. The molecule has 0 radical (unpaired) electrons. The molecular formula is C14H18N4O. The molecule has 0 aliphatic carbocycles. The maximum absolute atomic E-state index is 5.50. The molecular weight excluding hydrogens is 240 g/mol. The van der Waals surface area contributed by atoms with Crippen molar-refractivity contribution in [3.63, 3.8) is 0 Å². The van der Waals surface area contributed by atoms with E-state index < -0.39 is 0 Å². The number of pyridine rings is 1. The standard InChI is InChI=1S/C14H18N4O/c1-3-14(6-4-7-16-14)13-17-12(18-19-13)11-9-15-8-5-10(11)2/h5,8-9,16H,3-4,6-7H2,1-2H3. The Morgan fingerprint density at radius 1 is 1.47 bits per heavy atom. The van der Waals surface area contributed by atoms with Crippen molar-refractivity contribution < 1.29 is 4.52 Å². The highest BCUT2D eigenvalue weighted by atomic mass is 16.5. The van der Waals surface area contributed by atoms with Crippen LogP contribution in [-0.4, -0.2) is 21.7 Å². The number of hydrogen-bond acceptors (Lipinski definition) is 5. The Bertz CT molecular complexity index is 572. The van der Waals surface area contributed by atoms with E-state index in [1.807, 2.05) is 13.0 Å². The first-order valence-corrected chi connectivity index (χ1v) is 6.75. The Hall–Kier alpha value is -1.75. The van der Waals surface area contributed by atoms with E-state index in [0.29, 0.717) is 11.7 Å². The van der Waals surface area contributed by atoms with Gasteiger partial charge in [0.05, 0.1) is 5.54 Å². The average Bonchev–Trinajstić information content (AvgIpc) is 3.09. The van der Waals surface area contributed by atoms with E-state index in [9.17, 15) is 0 Å². The number of aryl methyl sites for hydroxylation is 1. The van der Waals surface area contributed by atoms with Crippen LogP contribution in [-0.2, 0) is 5.54 Å². The highest BCUT2D eigenvalue weighted by Crippen LogP contribution is 2.34. The van der Waals surface area contributed by atoms with Gasteiger partial charge < -0.3 is 9.84 Å². The van der Waals surface area contributed by atoms with Crippen molar-refractivity contribution in [1.82, 2.24) is 20.4 Å². The Morgan fingerprint density at radius 2 is 2.37 bits per heavy atom. The monoisotopic (exact) mass is 258 g/mol.